The van der Waals surface area contributed by atoms with Crippen LogP contribution in [0.1, 0.15) is 43.7 Å². The molecule has 1 aliphatic heterocycles. The van der Waals surface area contributed by atoms with Crippen LogP contribution in [0.2, 0.25) is 0 Å². The van der Waals surface area contributed by atoms with Crippen molar-refractivity contribution in [3.05, 3.63) is 59.7 Å². The summed E-state index contributed by atoms with van der Waals surface area (Å²) in [4.78, 5) is 2.52. The fourth-order valence-electron chi connectivity index (χ4n) is 3.63. The number of anilines is 1. The molecule has 1 aliphatic rings. The Morgan fingerprint density at radius 2 is 1.85 bits per heavy atom. The predicted molar refractivity (Wildman–Crippen MR) is 111 cm³/mol. The number of nitrogens with one attached hydrogen (secondary N) is 1. The number of piperidine rings is 1. The van der Waals surface area contributed by atoms with Crippen molar-refractivity contribution in [1.82, 2.24) is 4.90 Å². The number of ether oxygens (including phenoxy) is 1. The van der Waals surface area contributed by atoms with Crippen LogP contribution in [0, 0.1) is 0 Å². The van der Waals surface area contributed by atoms with Gasteiger partial charge in [-0.3, -0.25) is 4.90 Å². The second-order valence-corrected chi connectivity index (χ2v) is 7.71. The molecule has 1 atom stereocenters. The van der Waals surface area contributed by atoms with Crippen LogP contribution in [-0.2, 0) is 6.54 Å². The molecule has 146 valence electrons. The highest BCUT2D eigenvalue weighted by Crippen LogP contribution is 2.21. The van der Waals surface area contributed by atoms with Crippen LogP contribution in [0.5, 0.6) is 5.75 Å². The fourth-order valence-corrected chi connectivity index (χ4v) is 3.63. The number of hydrogen-bond donors (Lipinski definition) is 2. The van der Waals surface area contributed by atoms with Gasteiger partial charge in [-0.25, -0.2) is 0 Å². The highest BCUT2D eigenvalue weighted by Gasteiger charge is 2.19. The molecule has 2 aromatic rings. The van der Waals surface area contributed by atoms with Crippen molar-refractivity contribution in [2.75, 3.05) is 31.6 Å². The molecule has 4 nitrogen and oxygen atoms in total. The minimum Gasteiger partial charge on any atom is -0.491 e. The second kappa shape index (κ2) is 9.77. The van der Waals surface area contributed by atoms with Gasteiger partial charge in [0, 0.05) is 24.8 Å². The molecule has 1 unspecified atom stereocenters. The summed E-state index contributed by atoms with van der Waals surface area (Å²) in [6.45, 7) is 8.02. The van der Waals surface area contributed by atoms with Crippen molar-refractivity contribution < 1.29 is 9.84 Å². The quantitative estimate of drug-likeness (QED) is 0.731. The van der Waals surface area contributed by atoms with Crippen LogP contribution < -0.4 is 10.1 Å². The first-order valence-corrected chi connectivity index (χ1v) is 10.1. The summed E-state index contributed by atoms with van der Waals surface area (Å²) in [7, 11) is 0. The van der Waals surface area contributed by atoms with E-state index in [0.29, 0.717) is 18.6 Å². The maximum absolute atomic E-state index is 8.83. The molecule has 0 saturated carbocycles. The average Bonchev–Trinajstić information content (AvgIpc) is 2.68. The van der Waals surface area contributed by atoms with Gasteiger partial charge in [-0.1, -0.05) is 38.1 Å². The van der Waals surface area contributed by atoms with Crippen LogP contribution in [0.3, 0.4) is 0 Å². The molecule has 3 rings (SSSR count). The van der Waals surface area contributed by atoms with Crippen molar-refractivity contribution in [3.63, 3.8) is 0 Å². The molecule has 1 fully saturated rings. The van der Waals surface area contributed by atoms with Crippen molar-refractivity contribution in [2.24, 2.45) is 0 Å². The Morgan fingerprint density at radius 1 is 1.11 bits per heavy atom. The maximum atomic E-state index is 8.83. The van der Waals surface area contributed by atoms with Gasteiger partial charge in [0.1, 0.15) is 12.4 Å². The number of nitrogens with zero attached hydrogens (tertiary/aromatic N) is 1. The first-order valence-electron chi connectivity index (χ1n) is 10.1. The molecule has 0 spiro atoms. The SMILES string of the molecule is CC(C)c1ccc(NC2CCCN(Cc3ccc(OCCO)cc3)C2)cc1. The number of benzene rings is 2. The van der Waals surface area contributed by atoms with Crippen molar-refractivity contribution in [2.45, 2.75) is 45.2 Å². The molecular weight excluding hydrogens is 336 g/mol. The van der Waals surface area contributed by atoms with Gasteiger partial charge in [-0.15, -0.1) is 0 Å². The molecule has 4 heteroatoms. The Bertz CT molecular complexity index is 683. The first kappa shape index (κ1) is 19.7. The van der Waals surface area contributed by atoms with E-state index in [0.717, 1.165) is 25.4 Å². The summed E-state index contributed by atoms with van der Waals surface area (Å²) >= 11 is 0. The molecule has 0 aromatic heterocycles. The van der Waals surface area contributed by atoms with Gasteiger partial charge in [-0.05, 0) is 60.7 Å². The van der Waals surface area contributed by atoms with Gasteiger partial charge < -0.3 is 15.2 Å². The lowest BCUT2D eigenvalue weighted by molar-refractivity contribution is 0.200. The topological polar surface area (TPSA) is 44.7 Å². The molecule has 2 aromatic carbocycles. The Labute approximate surface area is 163 Å². The van der Waals surface area contributed by atoms with E-state index >= 15 is 0 Å². The highest BCUT2D eigenvalue weighted by atomic mass is 16.5. The summed E-state index contributed by atoms with van der Waals surface area (Å²) in [6, 6.07) is 17.6. The third-order valence-corrected chi connectivity index (χ3v) is 5.14. The highest BCUT2D eigenvalue weighted by molar-refractivity contribution is 5.46. The molecule has 0 aliphatic carbocycles. The number of hydrogen-bond acceptors (Lipinski definition) is 4. The lowest BCUT2D eigenvalue weighted by Gasteiger charge is -2.33. The second-order valence-electron chi connectivity index (χ2n) is 7.71. The Balaban J connectivity index is 1.51. The van der Waals surface area contributed by atoms with Gasteiger partial charge >= 0.3 is 0 Å². The van der Waals surface area contributed by atoms with E-state index < -0.39 is 0 Å². The average molecular weight is 369 g/mol. The number of aliphatic hydroxyl groups excluding tert-OH is 1. The van der Waals surface area contributed by atoms with Gasteiger partial charge in [-0.2, -0.15) is 0 Å². The van der Waals surface area contributed by atoms with E-state index in [1.807, 2.05) is 12.1 Å². The third-order valence-electron chi connectivity index (χ3n) is 5.14. The van der Waals surface area contributed by atoms with Crippen LogP contribution in [0.15, 0.2) is 48.5 Å². The Morgan fingerprint density at radius 3 is 2.52 bits per heavy atom. The maximum Gasteiger partial charge on any atom is 0.119 e. The van der Waals surface area contributed by atoms with Crippen molar-refractivity contribution in [1.29, 1.82) is 0 Å². The summed E-state index contributed by atoms with van der Waals surface area (Å²) in [5.74, 6) is 1.39. The summed E-state index contributed by atoms with van der Waals surface area (Å²) in [5.41, 5.74) is 3.90. The monoisotopic (exact) mass is 368 g/mol. The molecule has 0 radical (unpaired) electrons. The van der Waals surface area contributed by atoms with E-state index in [1.54, 1.807) is 0 Å². The standard InChI is InChI=1S/C23H32N2O2/c1-18(2)20-7-9-21(10-8-20)24-22-4-3-13-25(17-22)16-19-5-11-23(12-6-19)27-15-14-26/h5-12,18,22,24,26H,3-4,13-17H2,1-2H3. The van der Waals surface area contributed by atoms with E-state index in [1.165, 1.54) is 29.7 Å². The molecular formula is C23H32N2O2. The summed E-state index contributed by atoms with van der Waals surface area (Å²) in [5, 5.41) is 12.5. The normalized spacial score (nSPS) is 17.9. The van der Waals surface area contributed by atoms with Crippen LogP contribution in [0.4, 0.5) is 5.69 Å². The van der Waals surface area contributed by atoms with E-state index in [9.17, 15) is 0 Å². The molecule has 1 saturated heterocycles. The molecule has 2 N–H and O–H groups in total. The lowest BCUT2D eigenvalue weighted by Crippen LogP contribution is -2.41. The van der Waals surface area contributed by atoms with Gasteiger partial charge in [0.25, 0.3) is 0 Å². The minimum absolute atomic E-state index is 0.0457. The smallest absolute Gasteiger partial charge is 0.119 e. The van der Waals surface area contributed by atoms with Gasteiger partial charge in [0.15, 0.2) is 0 Å². The largest absolute Gasteiger partial charge is 0.491 e. The minimum atomic E-state index is 0.0457. The Kier molecular flexibility index (Phi) is 7.13. The van der Waals surface area contributed by atoms with Crippen LogP contribution in [0.25, 0.3) is 0 Å². The van der Waals surface area contributed by atoms with Crippen molar-refractivity contribution in [3.8, 4) is 5.75 Å². The van der Waals surface area contributed by atoms with E-state index in [4.69, 9.17) is 9.84 Å². The lowest BCUT2D eigenvalue weighted by atomic mass is 10.0. The van der Waals surface area contributed by atoms with Gasteiger partial charge in [0.2, 0.25) is 0 Å². The number of likely N-dealkylation sites (tertiary alicyclic amines) is 1. The zero-order valence-corrected chi connectivity index (χ0v) is 16.5. The predicted octanol–water partition coefficient (Wildman–Crippen LogP) is 4.26. The zero-order chi connectivity index (χ0) is 19.1. The van der Waals surface area contributed by atoms with Gasteiger partial charge in [0.05, 0.1) is 6.61 Å². The summed E-state index contributed by atoms with van der Waals surface area (Å²) < 4.78 is 5.43. The first-order chi connectivity index (χ1) is 13.1. The van der Waals surface area contributed by atoms with Crippen LogP contribution in [-0.4, -0.2) is 42.4 Å². The Hall–Kier alpha value is -2.04. The molecule has 1 heterocycles. The van der Waals surface area contributed by atoms with E-state index in [-0.39, 0.29) is 6.61 Å². The fraction of sp³-hybridized carbons (Fsp3) is 0.478. The van der Waals surface area contributed by atoms with E-state index in [2.05, 4.69) is 60.5 Å². The molecule has 0 amide bonds. The number of aliphatic hydroxyl groups is 1. The zero-order valence-electron chi connectivity index (χ0n) is 16.5. The molecule has 0 bridgehead atoms. The molecule has 27 heavy (non-hydrogen) atoms. The van der Waals surface area contributed by atoms with Crippen LogP contribution >= 0.6 is 0 Å². The summed E-state index contributed by atoms with van der Waals surface area (Å²) in [6.07, 6.45) is 2.44. The van der Waals surface area contributed by atoms with Crippen molar-refractivity contribution >= 4 is 5.69 Å². The number of rotatable bonds is 8. The third kappa shape index (κ3) is 5.98.